The van der Waals surface area contributed by atoms with E-state index in [4.69, 9.17) is 5.73 Å². The van der Waals surface area contributed by atoms with Gasteiger partial charge in [-0.05, 0) is 0 Å². The van der Waals surface area contributed by atoms with Crippen LogP contribution in [0.4, 0.5) is 19.0 Å². The van der Waals surface area contributed by atoms with Gasteiger partial charge in [-0.2, -0.15) is 5.10 Å². The average molecular weight is 213 g/mol. The molecule has 0 saturated heterocycles. The topological polar surface area (TPSA) is 43.8 Å². The summed E-state index contributed by atoms with van der Waals surface area (Å²) < 4.78 is 39.7. The Labute approximate surface area is 82.9 Å². The number of nitrogens with two attached hydrogens (primary N) is 1. The van der Waals surface area contributed by atoms with Crippen LogP contribution in [0.3, 0.4) is 0 Å². The number of hydrogen-bond acceptors (Lipinski definition) is 2. The van der Waals surface area contributed by atoms with Crippen molar-refractivity contribution in [3.63, 3.8) is 0 Å². The molecule has 1 aromatic carbocycles. The van der Waals surface area contributed by atoms with E-state index >= 15 is 0 Å². The first-order valence-electron chi connectivity index (χ1n) is 4.04. The molecule has 0 aliphatic carbocycles. The van der Waals surface area contributed by atoms with E-state index in [-0.39, 0.29) is 11.5 Å². The van der Waals surface area contributed by atoms with Crippen LogP contribution in [0.5, 0.6) is 0 Å². The zero-order chi connectivity index (χ0) is 11.0. The van der Waals surface area contributed by atoms with Crippen molar-refractivity contribution < 1.29 is 13.2 Å². The lowest BCUT2D eigenvalue weighted by Gasteiger charge is -2.05. The minimum Gasteiger partial charge on any atom is -0.384 e. The van der Waals surface area contributed by atoms with Crippen molar-refractivity contribution in [2.45, 2.75) is 0 Å². The third kappa shape index (κ3) is 1.54. The molecule has 0 saturated carbocycles. The van der Waals surface area contributed by atoms with Gasteiger partial charge in [0.05, 0.1) is 6.20 Å². The molecule has 2 aromatic rings. The highest BCUT2D eigenvalue weighted by Gasteiger charge is 2.13. The van der Waals surface area contributed by atoms with Crippen LogP contribution < -0.4 is 5.73 Å². The van der Waals surface area contributed by atoms with Gasteiger partial charge in [0.25, 0.3) is 0 Å². The number of aromatic nitrogens is 2. The number of hydrogen-bond donors (Lipinski definition) is 1. The Morgan fingerprint density at radius 1 is 1.07 bits per heavy atom. The zero-order valence-corrected chi connectivity index (χ0v) is 7.42. The molecule has 78 valence electrons. The van der Waals surface area contributed by atoms with Crippen LogP contribution in [0.1, 0.15) is 0 Å². The monoisotopic (exact) mass is 213 g/mol. The van der Waals surface area contributed by atoms with Crippen LogP contribution in [-0.2, 0) is 0 Å². The van der Waals surface area contributed by atoms with Gasteiger partial charge in [0.2, 0.25) is 0 Å². The number of anilines is 1. The van der Waals surface area contributed by atoms with Gasteiger partial charge in [0, 0.05) is 18.2 Å². The first-order valence-corrected chi connectivity index (χ1v) is 4.04. The summed E-state index contributed by atoms with van der Waals surface area (Å²) in [5.74, 6) is -3.19. The van der Waals surface area contributed by atoms with E-state index in [9.17, 15) is 13.2 Å². The summed E-state index contributed by atoms with van der Waals surface area (Å²) in [7, 11) is 0. The molecule has 1 aromatic heterocycles. The molecule has 2 N–H and O–H groups in total. The molecule has 0 fully saturated rings. The molecule has 0 aliphatic rings. The first kappa shape index (κ1) is 9.57. The summed E-state index contributed by atoms with van der Waals surface area (Å²) in [6.07, 6.45) is 1.33. The fourth-order valence-corrected chi connectivity index (χ4v) is 1.19. The van der Waals surface area contributed by atoms with Crippen molar-refractivity contribution in [1.82, 2.24) is 9.78 Å². The highest BCUT2D eigenvalue weighted by molar-refractivity contribution is 5.42. The van der Waals surface area contributed by atoms with Crippen molar-refractivity contribution in [1.29, 1.82) is 0 Å². The van der Waals surface area contributed by atoms with Crippen LogP contribution in [0, 0.1) is 17.5 Å². The first-order chi connectivity index (χ1) is 7.09. The second-order valence-electron chi connectivity index (χ2n) is 2.89. The molecule has 0 amide bonds. The van der Waals surface area contributed by atoms with Gasteiger partial charge in [-0.1, -0.05) is 0 Å². The maximum absolute atomic E-state index is 13.3. The van der Waals surface area contributed by atoms with Gasteiger partial charge < -0.3 is 5.73 Å². The van der Waals surface area contributed by atoms with Gasteiger partial charge in [-0.15, -0.1) is 0 Å². The van der Waals surface area contributed by atoms with E-state index in [1.54, 1.807) is 0 Å². The Morgan fingerprint density at radius 3 is 2.33 bits per heavy atom. The Hall–Kier alpha value is -1.98. The van der Waals surface area contributed by atoms with Gasteiger partial charge in [0.15, 0.2) is 17.5 Å². The summed E-state index contributed by atoms with van der Waals surface area (Å²) >= 11 is 0. The molecule has 15 heavy (non-hydrogen) atoms. The molecule has 0 bridgehead atoms. The van der Waals surface area contributed by atoms with E-state index in [1.165, 1.54) is 12.3 Å². The SMILES string of the molecule is Nc1ccnn1-c1cc(F)c(F)cc1F. The molecule has 0 unspecified atom stereocenters. The average Bonchev–Trinajstić information content (AvgIpc) is 2.58. The van der Waals surface area contributed by atoms with Gasteiger partial charge >= 0.3 is 0 Å². The van der Waals surface area contributed by atoms with Crippen molar-refractivity contribution in [2.75, 3.05) is 5.73 Å². The normalized spacial score (nSPS) is 10.6. The summed E-state index contributed by atoms with van der Waals surface area (Å²) in [6, 6.07) is 2.57. The van der Waals surface area contributed by atoms with Crippen LogP contribution in [0.2, 0.25) is 0 Å². The van der Waals surface area contributed by atoms with Gasteiger partial charge in [-0.3, -0.25) is 0 Å². The molecule has 2 rings (SSSR count). The van der Waals surface area contributed by atoms with E-state index < -0.39 is 17.5 Å². The fraction of sp³-hybridized carbons (Fsp3) is 0. The lowest BCUT2D eigenvalue weighted by atomic mass is 10.3. The lowest BCUT2D eigenvalue weighted by molar-refractivity contribution is 0.491. The predicted octanol–water partition coefficient (Wildman–Crippen LogP) is 1.87. The maximum Gasteiger partial charge on any atom is 0.161 e. The van der Waals surface area contributed by atoms with Crippen LogP contribution in [-0.4, -0.2) is 9.78 Å². The number of halogens is 3. The third-order valence-corrected chi connectivity index (χ3v) is 1.89. The Morgan fingerprint density at radius 2 is 1.73 bits per heavy atom. The van der Waals surface area contributed by atoms with E-state index in [1.807, 2.05) is 0 Å². The van der Waals surface area contributed by atoms with Crippen molar-refractivity contribution in [3.8, 4) is 5.69 Å². The maximum atomic E-state index is 13.3. The largest absolute Gasteiger partial charge is 0.384 e. The second-order valence-corrected chi connectivity index (χ2v) is 2.89. The van der Waals surface area contributed by atoms with Crippen LogP contribution >= 0.6 is 0 Å². The Bertz CT molecular complexity index is 507. The van der Waals surface area contributed by atoms with Gasteiger partial charge in [-0.25, -0.2) is 17.9 Å². The van der Waals surface area contributed by atoms with Crippen molar-refractivity contribution in [3.05, 3.63) is 41.8 Å². The molecule has 3 nitrogen and oxygen atoms in total. The Balaban J connectivity index is 2.64. The van der Waals surface area contributed by atoms with Crippen molar-refractivity contribution in [2.24, 2.45) is 0 Å². The summed E-state index contributed by atoms with van der Waals surface area (Å²) in [5.41, 5.74) is 5.22. The van der Waals surface area contributed by atoms with Crippen LogP contribution in [0.25, 0.3) is 5.69 Å². The fourth-order valence-electron chi connectivity index (χ4n) is 1.19. The third-order valence-electron chi connectivity index (χ3n) is 1.89. The highest BCUT2D eigenvalue weighted by Crippen LogP contribution is 2.19. The van der Waals surface area contributed by atoms with E-state index in [0.717, 1.165) is 4.68 Å². The number of nitrogen functional groups attached to an aromatic ring is 1. The Kier molecular flexibility index (Phi) is 2.11. The molecule has 6 heteroatoms. The molecule has 0 spiro atoms. The smallest absolute Gasteiger partial charge is 0.161 e. The van der Waals surface area contributed by atoms with Crippen molar-refractivity contribution >= 4 is 5.82 Å². The molecule has 1 heterocycles. The summed E-state index contributed by atoms with van der Waals surface area (Å²) in [4.78, 5) is 0. The number of nitrogens with zero attached hydrogens (tertiary/aromatic N) is 2. The summed E-state index contributed by atoms with van der Waals surface area (Å²) in [6.45, 7) is 0. The predicted molar refractivity (Wildman–Crippen MR) is 47.9 cm³/mol. The van der Waals surface area contributed by atoms with Crippen LogP contribution in [0.15, 0.2) is 24.4 Å². The number of benzene rings is 1. The standard InChI is InChI=1S/C9H6F3N3/c10-5-3-7(12)8(4-6(5)11)15-9(13)1-2-14-15/h1-4H,13H2. The highest BCUT2D eigenvalue weighted by atomic mass is 19.2. The quantitative estimate of drug-likeness (QED) is 0.735. The molecule has 0 atom stereocenters. The zero-order valence-electron chi connectivity index (χ0n) is 7.42. The molecule has 0 radical (unpaired) electrons. The molecular formula is C9H6F3N3. The second kappa shape index (κ2) is 3.30. The molecule has 0 aliphatic heterocycles. The number of rotatable bonds is 1. The molecular weight excluding hydrogens is 207 g/mol. The van der Waals surface area contributed by atoms with Gasteiger partial charge in [0.1, 0.15) is 11.5 Å². The van der Waals surface area contributed by atoms with E-state index in [2.05, 4.69) is 5.10 Å². The summed E-state index contributed by atoms with van der Waals surface area (Å²) in [5, 5.41) is 3.68. The minimum atomic E-state index is -1.25. The minimum absolute atomic E-state index is 0.139. The van der Waals surface area contributed by atoms with E-state index in [0.29, 0.717) is 12.1 Å². The lowest BCUT2D eigenvalue weighted by Crippen LogP contribution is -2.05.